The van der Waals surface area contributed by atoms with Gasteiger partial charge in [0, 0.05) is 10.2 Å². The Labute approximate surface area is 148 Å². The minimum Gasteiger partial charge on any atom is -0.342 e. The zero-order valence-electron chi connectivity index (χ0n) is 12.8. The second-order valence-corrected chi connectivity index (χ2v) is 9.20. The molecule has 0 bridgehead atoms. The molecule has 0 saturated heterocycles. The van der Waals surface area contributed by atoms with Gasteiger partial charge in [0.25, 0.3) is 0 Å². The van der Waals surface area contributed by atoms with E-state index < -0.39 is 18.4 Å². The van der Waals surface area contributed by atoms with Gasteiger partial charge in [0.15, 0.2) is 0 Å². The van der Waals surface area contributed by atoms with Crippen LogP contribution in [-0.4, -0.2) is 23.4 Å². The Morgan fingerprint density at radius 2 is 1.75 bits per heavy atom. The molecule has 2 rings (SSSR count). The molecule has 8 heteroatoms. The van der Waals surface area contributed by atoms with Gasteiger partial charge in [-0.1, -0.05) is 30.3 Å². The van der Waals surface area contributed by atoms with Gasteiger partial charge in [-0.15, -0.1) is 11.8 Å². The van der Waals surface area contributed by atoms with Crippen molar-refractivity contribution in [2.45, 2.75) is 18.0 Å². The van der Waals surface area contributed by atoms with Gasteiger partial charge in [-0.25, -0.2) is 0 Å². The normalized spacial score (nSPS) is 14.4. The zero-order valence-corrected chi connectivity index (χ0v) is 15.3. The molecule has 0 spiro atoms. The lowest BCUT2D eigenvalue weighted by atomic mass is 10.1. The van der Waals surface area contributed by atoms with E-state index in [9.17, 15) is 18.1 Å². The summed E-state index contributed by atoms with van der Waals surface area (Å²) in [5.74, 6) is -0.926. The van der Waals surface area contributed by atoms with Crippen LogP contribution in [0.2, 0.25) is 0 Å². The van der Waals surface area contributed by atoms with Crippen LogP contribution in [0.15, 0.2) is 53.4 Å². The number of benzene rings is 2. The summed E-state index contributed by atoms with van der Waals surface area (Å²) in [7, 11) is 0. The Kier molecular flexibility index (Phi) is 6.51. The van der Waals surface area contributed by atoms with Gasteiger partial charge in [-0.2, -0.15) is 13.2 Å². The van der Waals surface area contributed by atoms with Crippen LogP contribution in [0.4, 0.5) is 13.2 Å². The molecule has 0 aliphatic rings. The average Bonchev–Trinajstić information content (AvgIpc) is 2.53. The summed E-state index contributed by atoms with van der Waals surface area (Å²) in [5, 5.41) is 0.539. The molecule has 24 heavy (non-hydrogen) atoms. The molecule has 1 unspecified atom stereocenters. The van der Waals surface area contributed by atoms with Gasteiger partial charge in [0.05, 0.1) is 12.4 Å². The molecule has 0 amide bonds. The first-order valence-electron chi connectivity index (χ1n) is 7.10. The lowest BCUT2D eigenvalue weighted by Crippen LogP contribution is -2.10. The van der Waals surface area contributed by atoms with E-state index in [1.54, 1.807) is 43.3 Å². The van der Waals surface area contributed by atoms with Crippen molar-refractivity contribution in [3.63, 3.8) is 0 Å². The summed E-state index contributed by atoms with van der Waals surface area (Å²) < 4.78 is 42.1. The van der Waals surface area contributed by atoms with Gasteiger partial charge < -0.3 is 9.42 Å². The third kappa shape index (κ3) is 5.33. The van der Waals surface area contributed by atoms with Crippen LogP contribution in [0.5, 0.6) is 0 Å². The van der Waals surface area contributed by atoms with Crippen molar-refractivity contribution >= 4 is 35.4 Å². The van der Waals surface area contributed by atoms with E-state index in [1.165, 1.54) is 0 Å². The number of rotatable bonds is 6. The van der Waals surface area contributed by atoms with Crippen molar-refractivity contribution in [1.82, 2.24) is 0 Å². The second kappa shape index (κ2) is 8.02. The van der Waals surface area contributed by atoms with Crippen molar-refractivity contribution in [1.29, 1.82) is 0 Å². The first-order chi connectivity index (χ1) is 11.2. The van der Waals surface area contributed by atoms with Crippen LogP contribution in [0, 0.1) is 0 Å². The van der Waals surface area contributed by atoms with Crippen LogP contribution in [0.3, 0.4) is 0 Å². The highest BCUT2D eigenvalue weighted by atomic mass is 32.5. The minimum atomic E-state index is -4.20. The van der Waals surface area contributed by atoms with Crippen LogP contribution < -0.4 is 5.30 Å². The predicted molar refractivity (Wildman–Crippen MR) is 96.4 cm³/mol. The van der Waals surface area contributed by atoms with Crippen molar-refractivity contribution in [2.24, 2.45) is 0 Å². The predicted octanol–water partition coefficient (Wildman–Crippen LogP) is 4.97. The van der Waals surface area contributed by atoms with Gasteiger partial charge in [-0.3, -0.25) is 0 Å². The smallest absolute Gasteiger partial charge is 0.342 e. The molecule has 2 aromatic carbocycles. The standard InChI is InChI=1S/C16H16F3O2PS2/c1-2-21-22(20,23)15-6-4-3-5-14(15)12-7-9-13(10-8-12)24-11-16(17,18)19/h3-10H,2,11H2,1H3,(H,20,23). The second-order valence-electron chi connectivity index (χ2n) is 4.88. The fourth-order valence-electron chi connectivity index (χ4n) is 2.10. The summed E-state index contributed by atoms with van der Waals surface area (Å²) in [6.45, 7) is -1.06. The molecule has 1 atom stereocenters. The Hall–Kier alpha value is -0.850. The Balaban J connectivity index is 2.28. The summed E-state index contributed by atoms with van der Waals surface area (Å²) in [6.07, 6.45) is -4.20. The molecule has 2 aromatic rings. The van der Waals surface area contributed by atoms with Crippen molar-refractivity contribution < 1.29 is 22.6 Å². The number of alkyl halides is 3. The average molecular weight is 392 g/mol. The van der Waals surface area contributed by atoms with E-state index in [-0.39, 0.29) is 0 Å². The lowest BCUT2D eigenvalue weighted by Gasteiger charge is -2.18. The molecule has 0 aliphatic carbocycles. The van der Waals surface area contributed by atoms with Gasteiger partial charge in [0.2, 0.25) is 6.49 Å². The molecule has 0 heterocycles. The lowest BCUT2D eigenvalue weighted by molar-refractivity contribution is -0.105. The molecule has 1 N–H and O–H groups in total. The number of hydrogen-bond donors (Lipinski definition) is 1. The first kappa shape index (κ1) is 19.5. The quantitative estimate of drug-likeness (QED) is 0.555. The highest BCUT2D eigenvalue weighted by Gasteiger charge is 2.27. The monoisotopic (exact) mass is 392 g/mol. The molecular formula is C16H16F3O2PS2. The Bertz CT molecular complexity index is 733. The van der Waals surface area contributed by atoms with Crippen molar-refractivity contribution in [2.75, 3.05) is 12.4 Å². The Morgan fingerprint density at radius 1 is 1.12 bits per heavy atom. The molecule has 130 valence electrons. The SMILES string of the molecule is CCOP(O)(=S)c1ccccc1-c1ccc(SCC(F)(F)F)cc1. The molecule has 0 radical (unpaired) electrons. The fourth-order valence-corrected chi connectivity index (χ4v) is 4.83. The van der Waals surface area contributed by atoms with Gasteiger partial charge in [0.1, 0.15) is 0 Å². The maximum absolute atomic E-state index is 12.3. The molecule has 2 nitrogen and oxygen atoms in total. The Morgan fingerprint density at radius 3 is 2.33 bits per heavy atom. The van der Waals surface area contributed by atoms with Crippen LogP contribution in [0.25, 0.3) is 11.1 Å². The van der Waals surface area contributed by atoms with E-state index in [4.69, 9.17) is 16.3 Å². The maximum atomic E-state index is 12.3. The van der Waals surface area contributed by atoms with Gasteiger partial charge in [-0.05, 0) is 48.1 Å². The van der Waals surface area contributed by atoms with Crippen molar-refractivity contribution in [3.8, 4) is 11.1 Å². The summed E-state index contributed by atoms with van der Waals surface area (Å²) >= 11 is 5.96. The van der Waals surface area contributed by atoms with E-state index in [0.29, 0.717) is 16.8 Å². The van der Waals surface area contributed by atoms with Crippen LogP contribution in [-0.2, 0) is 16.3 Å². The minimum absolute atomic E-state index is 0.301. The van der Waals surface area contributed by atoms with E-state index in [1.807, 2.05) is 12.1 Å². The van der Waals surface area contributed by atoms with E-state index >= 15 is 0 Å². The topological polar surface area (TPSA) is 29.5 Å². The van der Waals surface area contributed by atoms with E-state index in [0.717, 1.165) is 22.9 Å². The number of hydrogen-bond acceptors (Lipinski definition) is 3. The highest BCUT2D eigenvalue weighted by Crippen LogP contribution is 2.44. The summed E-state index contributed by atoms with van der Waals surface area (Å²) in [5.41, 5.74) is 1.49. The van der Waals surface area contributed by atoms with Crippen LogP contribution >= 0.6 is 18.3 Å². The fraction of sp³-hybridized carbons (Fsp3) is 0.250. The van der Waals surface area contributed by atoms with Crippen molar-refractivity contribution in [3.05, 3.63) is 48.5 Å². The summed E-state index contributed by atoms with van der Waals surface area (Å²) in [6, 6.07) is 13.8. The zero-order chi connectivity index (χ0) is 17.8. The maximum Gasteiger partial charge on any atom is 0.398 e. The molecule has 0 aromatic heterocycles. The van der Waals surface area contributed by atoms with Gasteiger partial charge >= 0.3 is 6.18 Å². The van der Waals surface area contributed by atoms with Crippen LogP contribution in [0.1, 0.15) is 6.92 Å². The number of halogens is 3. The first-order valence-corrected chi connectivity index (χ1v) is 10.8. The number of thioether (sulfide) groups is 1. The molecule has 0 aliphatic heterocycles. The largest absolute Gasteiger partial charge is 0.398 e. The third-order valence-electron chi connectivity index (χ3n) is 3.08. The highest BCUT2D eigenvalue weighted by molar-refractivity contribution is 8.13. The van der Waals surface area contributed by atoms with E-state index in [2.05, 4.69) is 0 Å². The molecule has 0 saturated carbocycles. The molecular weight excluding hydrogens is 376 g/mol. The summed E-state index contributed by atoms with van der Waals surface area (Å²) in [4.78, 5) is 11.0. The third-order valence-corrected chi connectivity index (χ3v) is 6.67. The molecule has 0 fully saturated rings.